The maximum Gasteiger partial charge on any atom is 0.277 e. The molecular weight excluding hydrogens is 354 g/mol. The van der Waals surface area contributed by atoms with Crippen molar-refractivity contribution in [3.05, 3.63) is 34.2 Å². The minimum absolute atomic E-state index is 0.0178. The first-order valence-corrected chi connectivity index (χ1v) is 8.31. The number of methoxy groups -OCH3 is 2. The van der Waals surface area contributed by atoms with Crippen LogP contribution >= 0.6 is 0 Å². The van der Waals surface area contributed by atoms with E-state index in [4.69, 9.17) is 18.9 Å². The number of rotatable bonds is 7. The van der Waals surface area contributed by atoms with E-state index in [9.17, 15) is 9.90 Å². The van der Waals surface area contributed by atoms with Crippen LogP contribution in [0.15, 0.2) is 28.1 Å². The standard InChI is InChI=1S/C18H21N3O6/c1-4-26-8-11-14(15-12(24-2)6-5-7-13(15)25-3)17(22)16(18(23)20-11)21-10-27-9-19-21/h5-7,9H,4,8,10H2,1-3H3,(H2,20,22,23). The summed E-state index contributed by atoms with van der Waals surface area (Å²) in [5, 5.41) is 16.3. The van der Waals surface area contributed by atoms with Crippen molar-refractivity contribution in [2.24, 2.45) is 5.10 Å². The molecule has 9 nitrogen and oxygen atoms in total. The minimum Gasteiger partial charge on any atom is -0.505 e. The molecule has 9 heteroatoms. The maximum atomic E-state index is 12.6. The van der Waals surface area contributed by atoms with E-state index in [0.717, 1.165) is 0 Å². The van der Waals surface area contributed by atoms with Crippen LogP contribution in [0.25, 0.3) is 11.1 Å². The van der Waals surface area contributed by atoms with Crippen molar-refractivity contribution in [1.82, 2.24) is 4.98 Å². The zero-order chi connectivity index (χ0) is 19.4. The monoisotopic (exact) mass is 375 g/mol. The molecule has 0 aliphatic carbocycles. The van der Waals surface area contributed by atoms with Gasteiger partial charge < -0.3 is 29.0 Å². The Morgan fingerprint density at radius 2 is 1.96 bits per heavy atom. The van der Waals surface area contributed by atoms with Crippen LogP contribution in [0.1, 0.15) is 12.6 Å². The number of nitrogens with zero attached hydrogens (tertiary/aromatic N) is 2. The Morgan fingerprint density at radius 1 is 1.26 bits per heavy atom. The molecule has 2 N–H and O–H groups in total. The lowest BCUT2D eigenvalue weighted by molar-refractivity contribution is 0.131. The lowest BCUT2D eigenvalue weighted by atomic mass is 9.99. The molecule has 1 aliphatic rings. The fraction of sp³-hybridized carbons (Fsp3) is 0.333. The summed E-state index contributed by atoms with van der Waals surface area (Å²) in [7, 11) is 3.03. The maximum absolute atomic E-state index is 12.6. The highest BCUT2D eigenvalue weighted by Crippen LogP contribution is 2.46. The molecule has 0 radical (unpaired) electrons. The molecule has 0 bridgehead atoms. The molecule has 0 fully saturated rings. The van der Waals surface area contributed by atoms with Gasteiger partial charge in [-0.1, -0.05) is 6.07 Å². The average Bonchev–Trinajstić information content (AvgIpc) is 3.20. The molecule has 2 aromatic rings. The van der Waals surface area contributed by atoms with Crippen molar-refractivity contribution < 1.29 is 24.1 Å². The van der Waals surface area contributed by atoms with Gasteiger partial charge in [0.05, 0.1) is 37.6 Å². The van der Waals surface area contributed by atoms with E-state index in [-0.39, 0.29) is 24.8 Å². The van der Waals surface area contributed by atoms with Crippen LogP contribution in [-0.2, 0) is 16.1 Å². The smallest absolute Gasteiger partial charge is 0.277 e. The molecule has 1 aromatic heterocycles. The van der Waals surface area contributed by atoms with Gasteiger partial charge in [-0.15, -0.1) is 5.10 Å². The van der Waals surface area contributed by atoms with E-state index in [1.54, 1.807) is 18.2 Å². The average molecular weight is 375 g/mol. The first-order valence-electron chi connectivity index (χ1n) is 8.31. The van der Waals surface area contributed by atoms with E-state index < -0.39 is 5.56 Å². The zero-order valence-electron chi connectivity index (χ0n) is 15.3. The summed E-state index contributed by atoms with van der Waals surface area (Å²) >= 11 is 0. The Labute approximate surface area is 155 Å². The van der Waals surface area contributed by atoms with Crippen LogP contribution in [0.4, 0.5) is 5.69 Å². The number of nitrogens with one attached hydrogen (secondary N) is 1. The number of pyridine rings is 1. The highest BCUT2D eigenvalue weighted by Gasteiger charge is 2.28. The number of aromatic nitrogens is 1. The first kappa shape index (κ1) is 18.6. The summed E-state index contributed by atoms with van der Waals surface area (Å²) in [6.45, 7) is 2.39. The van der Waals surface area contributed by atoms with E-state index in [0.29, 0.717) is 34.9 Å². The molecule has 0 saturated heterocycles. The first-order chi connectivity index (χ1) is 13.1. The molecule has 27 heavy (non-hydrogen) atoms. The van der Waals surface area contributed by atoms with Gasteiger partial charge in [0, 0.05) is 6.61 Å². The number of hydrogen-bond acceptors (Lipinski definition) is 8. The van der Waals surface area contributed by atoms with Gasteiger partial charge in [-0.05, 0) is 19.1 Å². The number of hydrazone groups is 1. The van der Waals surface area contributed by atoms with Crippen molar-refractivity contribution in [3.63, 3.8) is 0 Å². The summed E-state index contributed by atoms with van der Waals surface area (Å²) in [4.78, 5) is 15.4. The SMILES string of the molecule is CCOCc1[nH]c(=O)c(N2COC=N2)c(O)c1-c1c(OC)cccc1OC. The van der Waals surface area contributed by atoms with Gasteiger partial charge in [-0.3, -0.25) is 4.79 Å². The van der Waals surface area contributed by atoms with Crippen molar-refractivity contribution >= 4 is 12.1 Å². The normalized spacial score (nSPS) is 12.9. The number of hydrogen-bond donors (Lipinski definition) is 2. The number of aromatic hydroxyl groups is 1. The van der Waals surface area contributed by atoms with Crippen LogP contribution < -0.4 is 20.0 Å². The van der Waals surface area contributed by atoms with Gasteiger partial charge in [0.15, 0.2) is 24.6 Å². The highest BCUT2D eigenvalue weighted by molar-refractivity contribution is 5.86. The third-order valence-corrected chi connectivity index (χ3v) is 4.09. The summed E-state index contributed by atoms with van der Waals surface area (Å²) in [5.74, 6) is 0.682. The molecule has 144 valence electrons. The summed E-state index contributed by atoms with van der Waals surface area (Å²) in [5.41, 5.74) is 0.690. The number of aromatic amines is 1. The van der Waals surface area contributed by atoms with Crippen LogP contribution in [-0.4, -0.2) is 44.0 Å². The van der Waals surface area contributed by atoms with Crippen molar-refractivity contribution in [2.75, 3.05) is 32.6 Å². The van der Waals surface area contributed by atoms with E-state index >= 15 is 0 Å². The van der Waals surface area contributed by atoms with Crippen molar-refractivity contribution in [3.8, 4) is 28.4 Å². The third kappa shape index (κ3) is 3.41. The van der Waals surface area contributed by atoms with E-state index in [1.807, 2.05) is 6.92 Å². The Bertz CT molecular complexity index is 886. The van der Waals surface area contributed by atoms with Gasteiger partial charge >= 0.3 is 0 Å². The summed E-state index contributed by atoms with van der Waals surface area (Å²) in [6, 6.07) is 5.25. The van der Waals surface area contributed by atoms with E-state index in [1.165, 1.54) is 25.6 Å². The molecule has 3 rings (SSSR count). The second kappa shape index (κ2) is 8.00. The highest BCUT2D eigenvalue weighted by atomic mass is 16.5. The fourth-order valence-corrected chi connectivity index (χ4v) is 2.90. The quantitative estimate of drug-likeness (QED) is 0.763. The third-order valence-electron chi connectivity index (χ3n) is 4.09. The molecule has 1 aromatic carbocycles. The summed E-state index contributed by atoms with van der Waals surface area (Å²) < 4.78 is 21.4. The lowest BCUT2D eigenvalue weighted by Crippen LogP contribution is -2.24. The number of H-pyrrole nitrogens is 1. The fourth-order valence-electron chi connectivity index (χ4n) is 2.90. The van der Waals surface area contributed by atoms with Crippen LogP contribution in [0.3, 0.4) is 0 Å². The van der Waals surface area contributed by atoms with Gasteiger partial charge in [0.25, 0.3) is 5.56 Å². The molecule has 0 spiro atoms. The van der Waals surface area contributed by atoms with Crippen LogP contribution in [0.5, 0.6) is 17.2 Å². The number of ether oxygens (including phenoxy) is 4. The second-order valence-corrected chi connectivity index (χ2v) is 5.60. The summed E-state index contributed by atoms with van der Waals surface area (Å²) in [6.07, 6.45) is 1.20. The molecule has 0 unspecified atom stereocenters. The molecule has 0 atom stereocenters. The Kier molecular flexibility index (Phi) is 5.51. The number of benzene rings is 1. The number of anilines is 1. The predicted octanol–water partition coefficient (Wildman–Crippen LogP) is 2.04. The Hall–Kier alpha value is -3.20. The minimum atomic E-state index is -0.512. The largest absolute Gasteiger partial charge is 0.505 e. The van der Waals surface area contributed by atoms with Gasteiger partial charge in [-0.25, -0.2) is 5.01 Å². The van der Waals surface area contributed by atoms with Gasteiger partial charge in [-0.2, -0.15) is 0 Å². The topological polar surface area (TPSA) is 106 Å². The molecule has 1 aliphatic heterocycles. The molecule has 0 amide bonds. The van der Waals surface area contributed by atoms with E-state index in [2.05, 4.69) is 10.1 Å². The van der Waals surface area contributed by atoms with Gasteiger partial charge in [0.2, 0.25) is 0 Å². The van der Waals surface area contributed by atoms with Crippen LogP contribution in [0, 0.1) is 0 Å². The van der Waals surface area contributed by atoms with Crippen molar-refractivity contribution in [1.29, 1.82) is 0 Å². The van der Waals surface area contributed by atoms with Gasteiger partial charge in [0.1, 0.15) is 11.5 Å². The lowest BCUT2D eigenvalue weighted by Gasteiger charge is -2.20. The predicted molar refractivity (Wildman–Crippen MR) is 99.5 cm³/mol. The molecular formula is C18H21N3O6. The second-order valence-electron chi connectivity index (χ2n) is 5.60. The Morgan fingerprint density at radius 3 is 2.52 bits per heavy atom. The van der Waals surface area contributed by atoms with Crippen LogP contribution in [0.2, 0.25) is 0 Å². The zero-order valence-corrected chi connectivity index (χ0v) is 15.3. The Balaban J connectivity index is 2.31. The molecule has 0 saturated carbocycles. The molecule has 2 heterocycles. The van der Waals surface area contributed by atoms with Crippen molar-refractivity contribution in [2.45, 2.75) is 13.5 Å².